The van der Waals surface area contributed by atoms with Crippen LogP contribution < -0.4 is 0 Å². The minimum Gasteiger partial charge on any atom is -0.466 e. The second-order valence-corrected chi connectivity index (χ2v) is 6.27. The fourth-order valence-electron chi connectivity index (χ4n) is 2.13. The molecule has 1 unspecified atom stereocenters. The molecule has 0 radical (unpaired) electrons. The molecule has 7 heteroatoms. The van der Waals surface area contributed by atoms with E-state index in [1.807, 2.05) is 12.1 Å². The molecule has 0 aromatic heterocycles. The van der Waals surface area contributed by atoms with E-state index in [-0.39, 0.29) is 13.0 Å². The number of esters is 1. The van der Waals surface area contributed by atoms with E-state index >= 15 is 0 Å². The molecular weight excluding hydrogens is 280 g/mol. The molecular formula is C13H16N2O4S. The van der Waals surface area contributed by atoms with E-state index < -0.39 is 22.0 Å². The second-order valence-electron chi connectivity index (χ2n) is 4.43. The molecule has 20 heavy (non-hydrogen) atoms. The quantitative estimate of drug-likeness (QED) is 0.785. The molecule has 0 fully saturated rings. The lowest BCUT2D eigenvalue weighted by molar-refractivity contribution is -0.144. The molecule has 0 bridgehead atoms. The molecule has 6 nitrogen and oxygen atoms in total. The molecule has 1 aliphatic heterocycles. The zero-order chi connectivity index (χ0) is 14.8. The first-order valence-electron chi connectivity index (χ1n) is 6.21. The Bertz CT molecular complexity index is 640. The van der Waals surface area contributed by atoms with Gasteiger partial charge in [-0.25, -0.2) is 8.42 Å². The minimum atomic E-state index is -3.55. The highest BCUT2D eigenvalue weighted by atomic mass is 32.2. The van der Waals surface area contributed by atoms with Gasteiger partial charge in [0.25, 0.3) is 0 Å². The van der Waals surface area contributed by atoms with Crippen LogP contribution in [0.4, 0.5) is 0 Å². The summed E-state index contributed by atoms with van der Waals surface area (Å²) in [4.78, 5) is 11.7. The number of carbonyl (C=O) groups excluding carboxylic acids is 1. The number of fused-ring (bicyclic) bond motifs is 1. The van der Waals surface area contributed by atoms with Crippen LogP contribution in [0.25, 0.3) is 0 Å². The molecule has 1 aliphatic rings. The van der Waals surface area contributed by atoms with E-state index in [9.17, 15) is 13.2 Å². The van der Waals surface area contributed by atoms with Crippen LogP contribution >= 0.6 is 0 Å². The van der Waals surface area contributed by atoms with Gasteiger partial charge < -0.3 is 4.74 Å². The summed E-state index contributed by atoms with van der Waals surface area (Å²) in [5, 5.41) is 3.95. The zero-order valence-electron chi connectivity index (χ0n) is 11.3. The van der Waals surface area contributed by atoms with E-state index in [2.05, 4.69) is 5.10 Å². The van der Waals surface area contributed by atoms with Gasteiger partial charge in [0.2, 0.25) is 10.0 Å². The largest absolute Gasteiger partial charge is 0.466 e. The highest BCUT2D eigenvalue weighted by Crippen LogP contribution is 2.32. The number of hydrazone groups is 1. The lowest BCUT2D eigenvalue weighted by atomic mass is 9.98. The number of benzene rings is 1. The summed E-state index contributed by atoms with van der Waals surface area (Å²) < 4.78 is 29.5. The Labute approximate surface area is 118 Å². The van der Waals surface area contributed by atoms with Crippen molar-refractivity contribution in [1.29, 1.82) is 0 Å². The van der Waals surface area contributed by atoms with Crippen LogP contribution in [0.1, 0.15) is 30.5 Å². The van der Waals surface area contributed by atoms with E-state index in [4.69, 9.17) is 4.74 Å². The van der Waals surface area contributed by atoms with Gasteiger partial charge in [-0.1, -0.05) is 24.3 Å². The van der Waals surface area contributed by atoms with E-state index in [1.165, 1.54) is 6.21 Å². The number of hydrogen-bond donors (Lipinski definition) is 0. The van der Waals surface area contributed by atoms with Gasteiger partial charge in [0.15, 0.2) is 0 Å². The summed E-state index contributed by atoms with van der Waals surface area (Å²) in [5.74, 6) is -0.446. The zero-order valence-corrected chi connectivity index (χ0v) is 12.1. The SMILES string of the molecule is CCOC(=O)CC1c2ccccc2C=NN1S(C)(=O)=O. The molecule has 1 aromatic rings. The predicted octanol–water partition coefficient (Wildman–Crippen LogP) is 1.29. The highest BCUT2D eigenvalue weighted by molar-refractivity contribution is 7.88. The Kier molecular flexibility index (Phi) is 4.08. The number of nitrogens with zero attached hydrogens (tertiary/aromatic N) is 2. The van der Waals surface area contributed by atoms with Crippen molar-refractivity contribution in [1.82, 2.24) is 4.41 Å². The lowest BCUT2D eigenvalue weighted by Gasteiger charge is -2.30. The van der Waals surface area contributed by atoms with Crippen molar-refractivity contribution in [3.63, 3.8) is 0 Å². The van der Waals surface area contributed by atoms with E-state index in [0.29, 0.717) is 0 Å². The Balaban J connectivity index is 2.40. The fourth-order valence-corrected chi connectivity index (χ4v) is 3.00. The summed E-state index contributed by atoms with van der Waals surface area (Å²) in [5.41, 5.74) is 1.56. The van der Waals surface area contributed by atoms with Crippen molar-refractivity contribution < 1.29 is 17.9 Å². The molecule has 2 rings (SSSR count). The molecule has 0 spiro atoms. The first kappa shape index (κ1) is 14.5. The Hall–Kier alpha value is -1.89. The molecule has 0 saturated carbocycles. The van der Waals surface area contributed by atoms with Gasteiger partial charge in [-0.3, -0.25) is 4.79 Å². The van der Waals surface area contributed by atoms with Crippen LogP contribution in [0, 0.1) is 0 Å². The summed E-state index contributed by atoms with van der Waals surface area (Å²) in [7, 11) is -3.55. The molecule has 1 aromatic carbocycles. The third-order valence-electron chi connectivity index (χ3n) is 2.94. The predicted molar refractivity (Wildman–Crippen MR) is 74.7 cm³/mol. The molecule has 1 atom stereocenters. The van der Waals surface area contributed by atoms with Crippen LogP contribution in [-0.4, -0.2) is 37.9 Å². The summed E-state index contributed by atoms with van der Waals surface area (Å²) in [6.07, 6.45) is 2.49. The Morgan fingerprint density at radius 3 is 2.75 bits per heavy atom. The Morgan fingerprint density at radius 1 is 1.40 bits per heavy atom. The van der Waals surface area contributed by atoms with Gasteiger partial charge in [-0.15, -0.1) is 0 Å². The van der Waals surface area contributed by atoms with Crippen LogP contribution in [0.3, 0.4) is 0 Å². The van der Waals surface area contributed by atoms with Gasteiger partial charge in [-0.2, -0.15) is 9.52 Å². The number of carbonyl (C=O) groups is 1. The molecule has 0 N–H and O–H groups in total. The topological polar surface area (TPSA) is 76.0 Å². The van der Waals surface area contributed by atoms with Crippen molar-refractivity contribution in [3.05, 3.63) is 35.4 Å². The lowest BCUT2D eigenvalue weighted by Crippen LogP contribution is -2.34. The maximum Gasteiger partial charge on any atom is 0.308 e. The molecule has 0 saturated heterocycles. The Morgan fingerprint density at radius 2 is 2.10 bits per heavy atom. The maximum atomic E-state index is 11.8. The summed E-state index contributed by atoms with van der Waals surface area (Å²) >= 11 is 0. The van der Waals surface area contributed by atoms with Gasteiger partial charge in [-0.05, 0) is 18.1 Å². The normalized spacial score (nSPS) is 17.7. The van der Waals surface area contributed by atoms with Crippen molar-refractivity contribution in [2.75, 3.05) is 12.9 Å². The number of hydrogen-bond acceptors (Lipinski definition) is 5. The van der Waals surface area contributed by atoms with Crippen LogP contribution in [0.15, 0.2) is 29.4 Å². The fraction of sp³-hybridized carbons (Fsp3) is 0.385. The van der Waals surface area contributed by atoms with Gasteiger partial charge >= 0.3 is 5.97 Å². The first-order valence-corrected chi connectivity index (χ1v) is 8.06. The van der Waals surface area contributed by atoms with Crippen LogP contribution in [0.5, 0.6) is 0 Å². The monoisotopic (exact) mass is 296 g/mol. The first-order chi connectivity index (χ1) is 9.43. The number of ether oxygens (including phenoxy) is 1. The molecule has 1 heterocycles. The number of sulfonamides is 1. The maximum absolute atomic E-state index is 11.8. The smallest absolute Gasteiger partial charge is 0.308 e. The molecule has 108 valence electrons. The van der Waals surface area contributed by atoms with Gasteiger partial charge in [0, 0.05) is 0 Å². The van der Waals surface area contributed by atoms with Gasteiger partial charge in [0.1, 0.15) is 0 Å². The second kappa shape index (κ2) is 5.62. The standard InChI is InChI=1S/C13H16N2O4S/c1-3-19-13(16)8-12-11-7-5-4-6-10(11)9-14-15(12)20(2,17)18/h4-7,9,12H,3,8H2,1-2H3. The van der Waals surface area contributed by atoms with Crippen LogP contribution in [-0.2, 0) is 19.6 Å². The third kappa shape index (κ3) is 2.98. The van der Waals surface area contributed by atoms with Gasteiger partial charge in [0.05, 0.1) is 31.5 Å². The van der Waals surface area contributed by atoms with Crippen molar-refractivity contribution in [2.45, 2.75) is 19.4 Å². The number of rotatable bonds is 4. The summed E-state index contributed by atoms with van der Waals surface area (Å²) in [6.45, 7) is 1.97. The van der Waals surface area contributed by atoms with E-state index in [1.54, 1.807) is 19.1 Å². The van der Waals surface area contributed by atoms with Crippen molar-refractivity contribution in [3.8, 4) is 0 Å². The average Bonchev–Trinajstić information content (AvgIpc) is 2.38. The highest BCUT2D eigenvalue weighted by Gasteiger charge is 2.32. The summed E-state index contributed by atoms with van der Waals surface area (Å²) in [6, 6.07) is 6.60. The van der Waals surface area contributed by atoms with E-state index in [0.717, 1.165) is 21.8 Å². The molecule has 0 amide bonds. The van der Waals surface area contributed by atoms with Crippen molar-refractivity contribution >= 4 is 22.2 Å². The third-order valence-corrected chi connectivity index (χ3v) is 3.97. The van der Waals surface area contributed by atoms with Crippen molar-refractivity contribution in [2.24, 2.45) is 5.10 Å². The minimum absolute atomic E-state index is 0.0603. The average molecular weight is 296 g/mol. The van der Waals surface area contributed by atoms with Crippen LogP contribution in [0.2, 0.25) is 0 Å². The molecule has 0 aliphatic carbocycles.